The largest absolute Gasteiger partial charge is 0.507 e. The van der Waals surface area contributed by atoms with Crippen molar-refractivity contribution in [2.75, 3.05) is 7.05 Å². The summed E-state index contributed by atoms with van der Waals surface area (Å²) in [5, 5.41) is 9.59. The van der Waals surface area contributed by atoms with Gasteiger partial charge in [0.1, 0.15) is 17.3 Å². The van der Waals surface area contributed by atoms with Crippen LogP contribution in [0.3, 0.4) is 0 Å². The van der Waals surface area contributed by atoms with Crippen molar-refractivity contribution < 1.29 is 23.1 Å². The van der Waals surface area contributed by atoms with Gasteiger partial charge in [-0.3, -0.25) is 9.69 Å². The Bertz CT molecular complexity index is 633. The molecule has 2 rings (SSSR count). The van der Waals surface area contributed by atoms with E-state index in [1.807, 2.05) is 0 Å². The number of aromatic hydroxyl groups is 1. The van der Waals surface area contributed by atoms with E-state index in [1.165, 1.54) is 11.9 Å². The average Bonchev–Trinajstić information content (AvgIpc) is 2.58. The maximum atomic E-state index is 12.6. The molecule has 1 N–H and O–H groups in total. The van der Waals surface area contributed by atoms with Crippen molar-refractivity contribution in [3.05, 3.63) is 35.0 Å². The second kappa shape index (κ2) is 4.66. The summed E-state index contributed by atoms with van der Waals surface area (Å²) in [4.78, 5) is 17.0. The minimum Gasteiger partial charge on any atom is -0.507 e. The van der Waals surface area contributed by atoms with E-state index in [2.05, 4.69) is 4.99 Å². The number of alkyl halides is 3. The lowest BCUT2D eigenvalue weighted by Crippen LogP contribution is -2.25. The number of benzene rings is 1. The molecule has 1 aromatic rings. The lowest BCUT2D eigenvalue weighted by molar-refractivity contribution is -0.137. The zero-order valence-electron chi connectivity index (χ0n) is 10.7. The fraction of sp³-hybridized carbons (Fsp3) is 0.231. The monoisotopic (exact) mass is 284 g/mol. The molecule has 1 amide bonds. The van der Waals surface area contributed by atoms with Gasteiger partial charge in [-0.2, -0.15) is 13.2 Å². The molecule has 106 valence electrons. The molecule has 7 heteroatoms. The number of halogens is 3. The first-order chi connectivity index (χ1) is 9.20. The van der Waals surface area contributed by atoms with E-state index in [-0.39, 0.29) is 17.0 Å². The fourth-order valence-electron chi connectivity index (χ4n) is 1.70. The molecule has 0 aromatic heterocycles. The van der Waals surface area contributed by atoms with Gasteiger partial charge in [-0.15, -0.1) is 0 Å². The molecule has 1 aliphatic heterocycles. The lowest BCUT2D eigenvalue weighted by atomic mass is 10.1. The lowest BCUT2D eigenvalue weighted by Gasteiger charge is -2.09. The molecule has 4 nitrogen and oxygen atoms in total. The highest BCUT2D eigenvalue weighted by atomic mass is 19.4. The molecule has 0 saturated carbocycles. The van der Waals surface area contributed by atoms with Gasteiger partial charge in [-0.05, 0) is 31.2 Å². The van der Waals surface area contributed by atoms with Crippen molar-refractivity contribution in [3.8, 4) is 5.75 Å². The number of likely N-dealkylation sites (N-methyl/N-ethyl adjacent to an activating group) is 1. The van der Waals surface area contributed by atoms with E-state index in [1.54, 1.807) is 6.92 Å². The van der Waals surface area contributed by atoms with Crippen LogP contribution in [0.4, 0.5) is 13.2 Å². The summed E-state index contributed by atoms with van der Waals surface area (Å²) in [7, 11) is 1.51. The normalized spacial score (nSPS) is 17.9. The zero-order valence-corrected chi connectivity index (χ0v) is 10.7. The number of carbonyl (C=O) groups excluding carboxylic acids is 1. The first-order valence-electron chi connectivity index (χ1n) is 5.65. The number of aliphatic imine (C=N–C) groups is 1. The molecule has 0 aliphatic carbocycles. The minimum absolute atomic E-state index is 0.0142. The van der Waals surface area contributed by atoms with E-state index >= 15 is 0 Å². The van der Waals surface area contributed by atoms with Crippen LogP contribution in [0, 0.1) is 0 Å². The topological polar surface area (TPSA) is 52.9 Å². The van der Waals surface area contributed by atoms with Crippen molar-refractivity contribution in [1.82, 2.24) is 4.90 Å². The predicted molar refractivity (Wildman–Crippen MR) is 67.0 cm³/mol. The highest BCUT2D eigenvalue weighted by Crippen LogP contribution is 2.33. The van der Waals surface area contributed by atoms with Crippen LogP contribution in [0.5, 0.6) is 5.75 Å². The third kappa shape index (κ3) is 2.52. The molecule has 0 fully saturated rings. The number of amidine groups is 1. The van der Waals surface area contributed by atoms with Crippen molar-refractivity contribution in [1.29, 1.82) is 0 Å². The Kier molecular flexibility index (Phi) is 3.29. The van der Waals surface area contributed by atoms with E-state index < -0.39 is 17.6 Å². The van der Waals surface area contributed by atoms with Crippen LogP contribution >= 0.6 is 0 Å². The molecular formula is C13H11F3N2O2. The number of amides is 1. The summed E-state index contributed by atoms with van der Waals surface area (Å²) in [6.07, 6.45) is -3.38. The number of phenolic OH excluding ortho intramolecular Hbond substituents is 1. The van der Waals surface area contributed by atoms with Gasteiger partial charge in [0, 0.05) is 12.6 Å². The summed E-state index contributed by atoms with van der Waals surface area (Å²) >= 11 is 0. The van der Waals surface area contributed by atoms with Crippen LogP contribution in [0.15, 0.2) is 28.9 Å². The van der Waals surface area contributed by atoms with Gasteiger partial charge in [-0.25, -0.2) is 4.99 Å². The second-order valence-electron chi connectivity index (χ2n) is 4.32. The summed E-state index contributed by atoms with van der Waals surface area (Å²) in [6.45, 7) is 1.60. The maximum Gasteiger partial charge on any atom is 0.416 e. The number of carbonyl (C=O) groups is 1. The molecule has 1 heterocycles. The van der Waals surface area contributed by atoms with Crippen molar-refractivity contribution in [2.45, 2.75) is 13.1 Å². The van der Waals surface area contributed by atoms with E-state index in [9.17, 15) is 23.1 Å². The number of hydrogen-bond donors (Lipinski definition) is 1. The van der Waals surface area contributed by atoms with Crippen LogP contribution in [0.2, 0.25) is 0 Å². The Morgan fingerprint density at radius 1 is 1.35 bits per heavy atom. The summed E-state index contributed by atoms with van der Waals surface area (Å²) in [5.74, 6) is -0.340. The van der Waals surface area contributed by atoms with Gasteiger partial charge in [0.15, 0.2) is 0 Å². The number of phenols is 1. The fourth-order valence-corrected chi connectivity index (χ4v) is 1.70. The van der Waals surface area contributed by atoms with E-state index in [4.69, 9.17) is 0 Å². The second-order valence-corrected chi connectivity index (χ2v) is 4.32. The Morgan fingerprint density at radius 2 is 2.00 bits per heavy atom. The Balaban J connectivity index is 2.47. The third-order valence-electron chi connectivity index (χ3n) is 2.94. The highest BCUT2D eigenvalue weighted by Gasteiger charge is 2.31. The molecule has 0 saturated heterocycles. The molecular weight excluding hydrogens is 273 g/mol. The molecule has 0 bridgehead atoms. The van der Waals surface area contributed by atoms with Gasteiger partial charge in [0.2, 0.25) is 0 Å². The summed E-state index contributed by atoms with van der Waals surface area (Å²) in [6, 6.07) is 2.49. The van der Waals surface area contributed by atoms with Crippen LogP contribution in [0.25, 0.3) is 6.08 Å². The average molecular weight is 284 g/mol. The molecule has 0 radical (unpaired) electrons. The van der Waals surface area contributed by atoms with Crippen molar-refractivity contribution >= 4 is 17.8 Å². The smallest absolute Gasteiger partial charge is 0.416 e. The van der Waals surface area contributed by atoms with Gasteiger partial charge < -0.3 is 5.11 Å². The zero-order chi connectivity index (χ0) is 15.1. The minimum atomic E-state index is -4.52. The van der Waals surface area contributed by atoms with Gasteiger partial charge in [-0.1, -0.05) is 0 Å². The SMILES string of the molecule is CC1=N/C(=C\c2cc(C(F)(F)F)ccc2O)C(=O)N1C. The highest BCUT2D eigenvalue weighted by molar-refractivity contribution is 6.13. The number of nitrogens with zero attached hydrogens (tertiary/aromatic N) is 2. The molecule has 1 aromatic carbocycles. The van der Waals surface area contributed by atoms with Gasteiger partial charge >= 0.3 is 6.18 Å². The van der Waals surface area contributed by atoms with Crippen LogP contribution in [-0.4, -0.2) is 28.8 Å². The predicted octanol–water partition coefficient (Wildman–Crippen LogP) is 2.64. The van der Waals surface area contributed by atoms with Crippen LogP contribution in [0.1, 0.15) is 18.1 Å². The van der Waals surface area contributed by atoms with Crippen LogP contribution in [-0.2, 0) is 11.0 Å². The van der Waals surface area contributed by atoms with Crippen molar-refractivity contribution in [2.24, 2.45) is 4.99 Å². The summed E-state index contributed by atoms with van der Waals surface area (Å²) in [5.41, 5.74) is -1.02. The van der Waals surface area contributed by atoms with E-state index in [0.717, 1.165) is 24.3 Å². The quantitative estimate of drug-likeness (QED) is 0.806. The Morgan fingerprint density at radius 3 is 2.50 bits per heavy atom. The standard InChI is InChI=1S/C13H11F3N2O2/c1-7-17-10(12(20)18(7)2)6-8-5-9(13(14,15)16)3-4-11(8)19/h3-6,19H,1-2H3/b10-6-. The molecule has 1 aliphatic rings. The Labute approximate surface area is 112 Å². The van der Waals surface area contributed by atoms with Gasteiger partial charge in [0.25, 0.3) is 5.91 Å². The van der Waals surface area contributed by atoms with Gasteiger partial charge in [0.05, 0.1) is 5.56 Å². The maximum absolute atomic E-state index is 12.6. The number of hydrogen-bond acceptors (Lipinski definition) is 3. The molecule has 0 unspecified atom stereocenters. The van der Waals surface area contributed by atoms with Crippen molar-refractivity contribution in [3.63, 3.8) is 0 Å². The molecule has 0 atom stereocenters. The molecule has 20 heavy (non-hydrogen) atoms. The summed E-state index contributed by atoms with van der Waals surface area (Å²) < 4.78 is 37.8. The third-order valence-corrected chi connectivity index (χ3v) is 2.94. The molecule has 0 spiro atoms. The van der Waals surface area contributed by atoms with Crippen LogP contribution < -0.4 is 0 Å². The number of rotatable bonds is 1. The van der Waals surface area contributed by atoms with E-state index in [0.29, 0.717) is 5.84 Å². The first-order valence-corrected chi connectivity index (χ1v) is 5.65. The first kappa shape index (κ1) is 14.1. The Hall–Kier alpha value is -2.31.